The highest BCUT2D eigenvalue weighted by molar-refractivity contribution is 5.68. The molecule has 0 aliphatic carbocycles. The van der Waals surface area contributed by atoms with Crippen LogP contribution in [0.15, 0.2) is 0 Å². The minimum Gasteiger partial charge on any atom is -0.444 e. The van der Waals surface area contributed by atoms with Crippen LogP contribution in [-0.2, 0) is 4.74 Å². The Morgan fingerprint density at radius 2 is 1.67 bits per heavy atom. The summed E-state index contributed by atoms with van der Waals surface area (Å²) in [6.45, 7) is 7.80. The maximum Gasteiger partial charge on any atom is 0.410 e. The third kappa shape index (κ3) is 4.44. The van der Waals surface area contributed by atoms with Crippen LogP contribution in [0.25, 0.3) is 0 Å². The number of aliphatic hydroxyl groups excluding tert-OH is 2. The van der Waals surface area contributed by atoms with Crippen LogP contribution in [-0.4, -0.2) is 77.1 Å². The molecule has 1 fully saturated rings. The van der Waals surface area contributed by atoms with E-state index in [2.05, 4.69) is 0 Å². The predicted octanol–water partition coefficient (Wildman–Crippen LogP) is -0.108. The van der Waals surface area contributed by atoms with E-state index in [0.717, 1.165) is 0 Å². The van der Waals surface area contributed by atoms with Crippen LogP contribution in [0.5, 0.6) is 0 Å². The third-order valence-electron chi connectivity index (χ3n) is 2.90. The molecular weight excluding hydrogens is 236 g/mol. The minimum absolute atomic E-state index is 0.0665. The lowest BCUT2D eigenvalue weighted by Crippen LogP contribution is -2.54. The second-order valence-electron chi connectivity index (χ2n) is 5.52. The number of hydrogen-bond acceptors (Lipinski definition) is 5. The molecule has 1 rings (SSSR count). The summed E-state index contributed by atoms with van der Waals surface area (Å²) in [5, 5.41) is 18.2. The van der Waals surface area contributed by atoms with E-state index in [0.29, 0.717) is 26.2 Å². The van der Waals surface area contributed by atoms with Gasteiger partial charge in [-0.3, -0.25) is 4.90 Å². The van der Waals surface area contributed by atoms with E-state index < -0.39 is 5.60 Å². The number of ether oxygens (including phenoxy) is 1. The zero-order valence-electron chi connectivity index (χ0n) is 11.4. The lowest BCUT2D eigenvalue weighted by atomic mass is 10.2. The van der Waals surface area contributed by atoms with Gasteiger partial charge in [-0.25, -0.2) is 4.79 Å². The van der Waals surface area contributed by atoms with Gasteiger partial charge in [0.25, 0.3) is 0 Å². The minimum atomic E-state index is -0.479. The summed E-state index contributed by atoms with van der Waals surface area (Å²) in [4.78, 5) is 15.5. The molecule has 1 saturated heterocycles. The number of aliphatic hydroxyl groups is 2. The molecule has 0 radical (unpaired) electrons. The molecule has 0 unspecified atom stereocenters. The number of hydrogen-bond donors (Lipinski definition) is 2. The highest BCUT2D eigenvalue weighted by Crippen LogP contribution is 2.12. The van der Waals surface area contributed by atoms with E-state index in [1.54, 1.807) is 4.90 Å². The van der Waals surface area contributed by atoms with Gasteiger partial charge in [-0.15, -0.1) is 0 Å². The molecule has 2 N–H and O–H groups in total. The van der Waals surface area contributed by atoms with Crippen LogP contribution < -0.4 is 0 Å². The summed E-state index contributed by atoms with van der Waals surface area (Å²) < 4.78 is 5.30. The zero-order valence-corrected chi connectivity index (χ0v) is 11.4. The van der Waals surface area contributed by atoms with Gasteiger partial charge in [-0.2, -0.15) is 0 Å². The van der Waals surface area contributed by atoms with Gasteiger partial charge in [0.15, 0.2) is 0 Å². The fraction of sp³-hybridized carbons (Fsp3) is 0.917. The summed E-state index contributed by atoms with van der Waals surface area (Å²) >= 11 is 0. The molecule has 0 spiro atoms. The van der Waals surface area contributed by atoms with Crippen LogP contribution in [0, 0.1) is 0 Å². The van der Waals surface area contributed by atoms with Gasteiger partial charge in [-0.1, -0.05) is 0 Å². The highest BCUT2D eigenvalue weighted by Gasteiger charge is 2.28. The normalized spacial score (nSPS) is 18.2. The van der Waals surface area contributed by atoms with Crippen molar-refractivity contribution in [3.63, 3.8) is 0 Å². The first-order chi connectivity index (χ1) is 8.37. The second kappa shape index (κ2) is 6.36. The molecule has 106 valence electrons. The monoisotopic (exact) mass is 260 g/mol. The topological polar surface area (TPSA) is 73.2 Å². The Morgan fingerprint density at radius 1 is 1.17 bits per heavy atom. The van der Waals surface area contributed by atoms with Gasteiger partial charge in [0.2, 0.25) is 0 Å². The average molecular weight is 260 g/mol. The third-order valence-corrected chi connectivity index (χ3v) is 2.90. The van der Waals surface area contributed by atoms with Crippen molar-refractivity contribution >= 4 is 6.09 Å². The first-order valence-corrected chi connectivity index (χ1v) is 6.31. The molecule has 0 saturated carbocycles. The van der Waals surface area contributed by atoms with E-state index in [9.17, 15) is 4.79 Å². The Kier molecular flexibility index (Phi) is 5.37. The number of nitrogens with zero attached hydrogens (tertiary/aromatic N) is 2. The number of amides is 1. The zero-order chi connectivity index (χ0) is 13.8. The van der Waals surface area contributed by atoms with E-state index in [1.807, 2.05) is 25.7 Å². The van der Waals surface area contributed by atoms with E-state index in [1.165, 1.54) is 0 Å². The largest absolute Gasteiger partial charge is 0.444 e. The van der Waals surface area contributed by atoms with Gasteiger partial charge >= 0.3 is 6.09 Å². The maximum absolute atomic E-state index is 11.8. The Labute approximate surface area is 108 Å². The molecule has 0 aromatic rings. The molecule has 1 amide bonds. The van der Waals surface area contributed by atoms with E-state index in [-0.39, 0.29) is 25.3 Å². The molecule has 18 heavy (non-hydrogen) atoms. The lowest BCUT2D eigenvalue weighted by molar-refractivity contribution is 0.000785. The van der Waals surface area contributed by atoms with Crippen molar-refractivity contribution in [2.75, 3.05) is 39.4 Å². The highest BCUT2D eigenvalue weighted by atomic mass is 16.6. The summed E-state index contributed by atoms with van der Waals surface area (Å²) in [6, 6.07) is -0.231. The van der Waals surface area contributed by atoms with Crippen molar-refractivity contribution < 1.29 is 19.7 Å². The van der Waals surface area contributed by atoms with Gasteiger partial charge in [0.1, 0.15) is 5.60 Å². The van der Waals surface area contributed by atoms with Crippen LogP contribution >= 0.6 is 0 Å². The summed E-state index contributed by atoms with van der Waals surface area (Å²) in [6.07, 6.45) is -0.299. The number of carbonyl (C=O) groups excluding carboxylic acids is 1. The molecule has 0 aromatic carbocycles. The molecular formula is C12H24N2O4. The predicted molar refractivity (Wildman–Crippen MR) is 67.3 cm³/mol. The smallest absolute Gasteiger partial charge is 0.410 e. The Hall–Kier alpha value is -0.850. The summed E-state index contributed by atoms with van der Waals surface area (Å²) in [5.41, 5.74) is -0.479. The number of carbonyl (C=O) groups is 1. The fourth-order valence-corrected chi connectivity index (χ4v) is 1.88. The van der Waals surface area contributed by atoms with Crippen LogP contribution in [0.1, 0.15) is 20.8 Å². The molecule has 1 heterocycles. The maximum atomic E-state index is 11.8. The van der Waals surface area contributed by atoms with Crippen LogP contribution in [0.4, 0.5) is 4.79 Å². The molecule has 0 bridgehead atoms. The van der Waals surface area contributed by atoms with Gasteiger partial charge in [0, 0.05) is 26.2 Å². The standard InChI is InChI=1S/C12H24N2O4/c1-12(2,3)18-11(17)14-6-4-13(5-7-14)10(8-15)9-16/h10,15-16H,4-9H2,1-3H3. The summed E-state index contributed by atoms with van der Waals surface area (Å²) in [7, 11) is 0. The van der Waals surface area contributed by atoms with Gasteiger partial charge in [-0.05, 0) is 20.8 Å². The molecule has 0 atom stereocenters. The average Bonchev–Trinajstić information content (AvgIpc) is 2.29. The number of rotatable bonds is 3. The van der Waals surface area contributed by atoms with Crippen molar-refractivity contribution in [2.45, 2.75) is 32.4 Å². The molecule has 1 aliphatic rings. The second-order valence-corrected chi connectivity index (χ2v) is 5.52. The quantitative estimate of drug-likeness (QED) is 0.741. The molecule has 6 nitrogen and oxygen atoms in total. The van der Waals surface area contributed by atoms with Crippen molar-refractivity contribution in [2.24, 2.45) is 0 Å². The van der Waals surface area contributed by atoms with Gasteiger partial charge in [0.05, 0.1) is 19.3 Å². The van der Waals surface area contributed by atoms with Crippen LogP contribution in [0.2, 0.25) is 0 Å². The van der Waals surface area contributed by atoms with Crippen molar-refractivity contribution in [1.29, 1.82) is 0 Å². The summed E-state index contributed by atoms with van der Waals surface area (Å²) in [5.74, 6) is 0. The number of piperazine rings is 1. The lowest BCUT2D eigenvalue weighted by Gasteiger charge is -2.38. The fourth-order valence-electron chi connectivity index (χ4n) is 1.88. The Balaban J connectivity index is 2.41. The Bertz CT molecular complexity index is 266. The van der Waals surface area contributed by atoms with Crippen molar-refractivity contribution in [1.82, 2.24) is 9.80 Å². The first kappa shape index (κ1) is 15.2. The van der Waals surface area contributed by atoms with Crippen LogP contribution in [0.3, 0.4) is 0 Å². The van der Waals surface area contributed by atoms with Gasteiger partial charge < -0.3 is 19.8 Å². The molecule has 6 heteroatoms. The van der Waals surface area contributed by atoms with Crippen molar-refractivity contribution in [3.8, 4) is 0 Å². The SMILES string of the molecule is CC(C)(C)OC(=O)N1CCN(C(CO)CO)CC1. The molecule has 0 aromatic heterocycles. The van der Waals surface area contributed by atoms with E-state index >= 15 is 0 Å². The van der Waals surface area contributed by atoms with E-state index in [4.69, 9.17) is 14.9 Å². The first-order valence-electron chi connectivity index (χ1n) is 6.31. The van der Waals surface area contributed by atoms with Crippen molar-refractivity contribution in [3.05, 3.63) is 0 Å². The Morgan fingerprint density at radius 3 is 2.06 bits per heavy atom. The molecule has 1 aliphatic heterocycles.